The first-order valence-corrected chi connectivity index (χ1v) is 7.56. The van der Waals surface area contributed by atoms with Crippen molar-refractivity contribution in [2.75, 3.05) is 19.1 Å². The van der Waals surface area contributed by atoms with E-state index in [1.807, 2.05) is 19.1 Å². The summed E-state index contributed by atoms with van der Waals surface area (Å²) in [7, 11) is 3.02. The summed E-state index contributed by atoms with van der Waals surface area (Å²) in [6.07, 6.45) is -0.533. The zero-order valence-corrected chi connectivity index (χ0v) is 13.5. The van der Waals surface area contributed by atoms with Gasteiger partial charge in [-0.15, -0.1) is 0 Å². The summed E-state index contributed by atoms with van der Waals surface area (Å²) >= 11 is 0. The van der Waals surface area contributed by atoms with Gasteiger partial charge in [0.2, 0.25) is 0 Å². The van der Waals surface area contributed by atoms with Crippen LogP contribution >= 0.6 is 0 Å². The average molecular weight is 324 g/mol. The number of hydrogen-bond acceptors (Lipinski definition) is 4. The van der Waals surface area contributed by atoms with Gasteiger partial charge >= 0.3 is 0 Å². The number of ether oxygens (including phenoxy) is 2. The second-order valence-electron chi connectivity index (χ2n) is 5.84. The number of fused-ring (bicyclic) bond motifs is 5. The number of hydrogen-bond donors (Lipinski definition) is 1. The molecule has 1 N–H and O–H groups in total. The van der Waals surface area contributed by atoms with E-state index in [9.17, 15) is 9.59 Å². The molecule has 2 aliphatic heterocycles. The number of methoxy groups -OCH3 is 2. The molecule has 0 spiro atoms. The molecule has 1 unspecified atom stereocenters. The van der Waals surface area contributed by atoms with Gasteiger partial charge in [0.15, 0.2) is 11.5 Å². The number of nitrogens with one attached hydrogen (secondary N) is 1. The second kappa shape index (κ2) is 4.99. The molecule has 6 heteroatoms. The van der Waals surface area contributed by atoms with Crippen LogP contribution in [0.4, 0.5) is 5.69 Å². The van der Waals surface area contributed by atoms with Crippen LogP contribution in [-0.4, -0.2) is 26.0 Å². The fraction of sp³-hybridized carbons (Fsp3) is 0.222. The summed E-state index contributed by atoms with van der Waals surface area (Å²) in [5, 5.41) is 2.90. The highest BCUT2D eigenvalue weighted by Gasteiger charge is 2.45. The fourth-order valence-electron chi connectivity index (χ4n) is 3.39. The minimum Gasteiger partial charge on any atom is -0.493 e. The van der Waals surface area contributed by atoms with Gasteiger partial charge in [-0.05, 0) is 30.7 Å². The predicted octanol–water partition coefficient (Wildman–Crippen LogP) is 2.41. The van der Waals surface area contributed by atoms with E-state index in [-0.39, 0.29) is 11.8 Å². The normalized spacial score (nSPS) is 17.8. The zero-order chi connectivity index (χ0) is 17.0. The molecule has 0 aromatic heterocycles. The van der Waals surface area contributed by atoms with Crippen molar-refractivity contribution in [1.82, 2.24) is 5.32 Å². The number of rotatable bonds is 2. The lowest BCUT2D eigenvalue weighted by atomic mass is 10.0. The Hall–Kier alpha value is -3.02. The number of carbonyl (C=O) groups is 2. The Labute approximate surface area is 139 Å². The molecular weight excluding hydrogens is 308 g/mol. The number of carbonyl (C=O) groups excluding carboxylic acids is 2. The summed E-state index contributed by atoms with van der Waals surface area (Å²) in [5.41, 5.74) is 3.22. The highest BCUT2D eigenvalue weighted by molar-refractivity contribution is 6.18. The van der Waals surface area contributed by atoms with Crippen LogP contribution in [0, 0.1) is 6.92 Å². The van der Waals surface area contributed by atoms with E-state index in [1.54, 1.807) is 23.1 Å². The lowest BCUT2D eigenvalue weighted by Gasteiger charge is -2.32. The van der Waals surface area contributed by atoms with Gasteiger partial charge in [-0.2, -0.15) is 0 Å². The molecule has 2 aliphatic rings. The Balaban J connectivity index is 1.96. The van der Waals surface area contributed by atoms with Crippen molar-refractivity contribution < 1.29 is 19.1 Å². The number of benzene rings is 2. The molecule has 1 atom stereocenters. The van der Waals surface area contributed by atoms with Gasteiger partial charge in [-0.3, -0.25) is 14.5 Å². The number of anilines is 1. The van der Waals surface area contributed by atoms with E-state index in [0.29, 0.717) is 33.9 Å². The molecule has 2 amide bonds. The predicted molar refractivity (Wildman–Crippen MR) is 87.7 cm³/mol. The molecule has 24 heavy (non-hydrogen) atoms. The van der Waals surface area contributed by atoms with Gasteiger partial charge in [-0.25, -0.2) is 0 Å². The SMILES string of the molecule is COc1ccc2c(c1OC)C(=O)N1c3cc(C)ccc3C(=O)NC21. The van der Waals surface area contributed by atoms with Crippen LogP contribution < -0.4 is 19.7 Å². The van der Waals surface area contributed by atoms with Crippen LogP contribution in [0.25, 0.3) is 0 Å². The smallest absolute Gasteiger partial charge is 0.264 e. The monoisotopic (exact) mass is 324 g/mol. The molecule has 0 fully saturated rings. The molecule has 0 aliphatic carbocycles. The van der Waals surface area contributed by atoms with Crippen LogP contribution in [0.15, 0.2) is 30.3 Å². The van der Waals surface area contributed by atoms with E-state index in [0.717, 1.165) is 5.56 Å². The molecule has 122 valence electrons. The van der Waals surface area contributed by atoms with Gasteiger partial charge in [0.1, 0.15) is 6.17 Å². The topological polar surface area (TPSA) is 67.9 Å². The van der Waals surface area contributed by atoms with Crippen LogP contribution in [-0.2, 0) is 0 Å². The Bertz CT molecular complexity index is 891. The summed E-state index contributed by atoms with van der Waals surface area (Å²) in [6, 6.07) is 8.99. The van der Waals surface area contributed by atoms with E-state index < -0.39 is 6.17 Å². The minimum absolute atomic E-state index is 0.193. The van der Waals surface area contributed by atoms with E-state index in [4.69, 9.17) is 9.47 Å². The molecule has 0 bridgehead atoms. The molecule has 2 aromatic carbocycles. The quantitative estimate of drug-likeness (QED) is 0.921. The summed E-state index contributed by atoms with van der Waals surface area (Å²) < 4.78 is 10.7. The maximum Gasteiger partial charge on any atom is 0.264 e. The summed E-state index contributed by atoms with van der Waals surface area (Å²) in [4.78, 5) is 27.1. The maximum absolute atomic E-state index is 13.1. The first-order valence-electron chi connectivity index (χ1n) is 7.56. The standard InChI is InChI=1S/C18H16N2O4/c1-9-4-5-10-12(8-9)20-16(19-17(10)21)11-6-7-13(23-2)15(24-3)14(11)18(20)22/h4-8,16H,1-3H3,(H,19,21). The molecule has 0 radical (unpaired) electrons. The Morgan fingerprint density at radius 1 is 1.08 bits per heavy atom. The maximum atomic E-state index is 13.1. The summed E-state index contributed by atoms with van der Waals surface area (Å²) in [5.74, 6) is 0.470. The van der Waals surface area contributed by atoms with Gasteiger partial charge in [0.25, 0.3) is 11.8 Å². The number of aryl methyl sites for hydroxylation is 1. The van der Waals surface area contributed by atoms with Crippen LogP contribution in [0.1, 0.15) is 38.0 Å². The zero-order valence-electron chi connectivity index (χ0n) is 13.5. The van der Waals surface area contributed by atoms with Crippen LogP contribution in [0.2, 0.25) is 0 Å². The largest absolute Gasteiger partial charge is 0.493 e. The van der Waals surface area contributed by atoms with E-state index in [2.05, 4.69) is 5.32 Å². The third-order valence-corrected chi connectivity index (χ3v) is 4.49. The van der Waals surface area contributed by atoms with Gasteiger partial charge in [0.05, 0.1) is 31.0 Å². The van der Waals surface area contributed by atoms with Crippen LogP contribution in [0.3, 0.4) is 0 Å². The minimum atomic E-state index is -0.533. The van der Waals surface area contributed by atoms with Crippen molar-refractivity contribution in [2.24, 2.45) is 0 Å². The molecule has 4 rings (SSSR count). The first kappa shape index (κ1) is 14.6. The van der Waals surface area contributed by atoms with E-state index in [1.165, 1.54) is 14.2 Å². The van der Waals surface area contributed by atoms with Crippen molar-refractivity contribution in [3.05, 3.63) is 52.6 Å². The third-order valence-electron chi connectivity index (χ3n) is 4.49. The first-order chi connectivity index (χ1) is 11.6. The van der Waals surface area contributed by atoms with Gasteiger partial charge in [-0.1, -0.05) is 12.1 Å². The van der Waals surface area contributed by atoms with Crippen molar-refractivity contribution in [3.63, 3.8) is 0 Å². The average Bonchev–Trinajstić information content (AvgIpc) is 2.86. The lowest BCUT2D eigenvalue weighted by Crippen LogP contribution is -2.45. The summed E-state index contributed by atoms with van der Waals surface area (Å²) in [6.45, 7) is 1.93. The second-order valence-corrected chi connectivity index (χ2v) is 5.84. The highest BCUT2D eigenvalue weighted by Crippen LogP contribution is 2.46. The Morgan fingerprint density at radius 3 is 2.58 bits per heavy atom. The Morgan fingerprint density at radius 2 is 1.88 bits per heavy atom. The molecule has 6 nitrogen and oxygen atoms in total. The molecule has 0 saturated heterocycles. The molecule has 0 saturated carbocycles. The molecule has 2 aromatic rings. The number of amides is 2. The lowest BCUT2D eigenvalue weighted by molar-refractivity contribution is 0.0912. The van der Waals surface area contributed by atoms with Crippen molar-refractivity contribution >= 4 is 17.5 Å². The van der Waals surface area contributed by atoms with Gasteiger partial charge < -0.3 is 14.8 Å². The van der Waals surface area contributed by atoms with Crippen LogP contribution in [0.5, 0.6) is 11.5 Å². The molecular formula is C18H16N2O4. The third kappa shape index (κ3) is 1.76. The molecule has 2 heterocycles. The highest BCUT2D eigenvalue weighted by atomic mass is 16.5. The number of nitrogens with zero attached hydrogens (tertiary/aromatic N) is 1. The van der Waals surface area contributed by atoms with Crippen molar-refractivity contribution in [1.29, 1.82) is 0 Å². The van der Waals surface area contributed by atoms with Gasteiger partial charge in [0, 0.05) is 5.56 Å². The van der Waals surface area contributed by atoms with E-state index >= 15 is 0 Å². The van der Waals surface area contributed by atoms with Crippen molar-refractivity contribution in [3.8, 4) is 11.5 Å². The fourth-order valence-corrected chi connectivity index (χ4v) is 3.39. The van der Waals surface area contributed by atoms with Crippen molar-refractivity contribution in [2.45, 2.75) is 13.1 Å². The Kier molecular flexibility index (Phi) is 3.03.